The Balaban J connectivity index is 1.18. The first-order valence-electron chi connectivity index (χ1n) is 11.2. The average Bonchev–Trinajstić information content (AvgIpc) is 3.52. The van der Waals surface area contributed by atoms with Crippen molar-refractivity contribution >= 4 is 39.2 Å². The van der Waals surface area contributed by atoms with Gasteiger partial charge in [0, 0.05) is 23.6 Å². The van der Waals surface area contributed by atoms with Crippen LogP contribution in [-0.4, -0.2) is 40.2 Å². The van der Waals surface area contributed by atoms with Gasteiger partial charge in [0.15, 0.2) is 0 Å². The Kier molecular flexibility index (Phi) is 6.24. The van der Waals surface area contributed by atoms with Crippen LogP contribution in [0.3, 0.4) is 0 Å². The molecule has 1 saturated heterocycles. The molecule has 8 heteroatoms. The van der Waals surface area contributed by atoms with E-state index in [0.717, 1.165) is 60.2 Å². The lowest BCUT2D eigenvalue weighted by atomic mass is 10.0. The minimum atomic E-state index is -0.0146. The van der Waals surface area contributed by atoms with Crippen LogP contribution in [0.1, 0.15) is 53.6 Å². The Bertz CT molecular complexity index is 1200. The first-order valence-corrected chi connectivity index (χ1v) is 13.2. The molecular weight excluding hydrogens is 442 g/mol. The molecule has 0 bridgehead atoms. The Morgan fingerprint density at radius 1 is 1.34 bits per heavy atom. The van der Waals surface area contributed by atoms with Crippen molar-refractivity contribution in [2.24, 2.45) is 0 Å². The van der Waals surface area contributed by atoms with E-state index in [0.29, 0.717) is 23.8 Å². The molecular formula is C24H27N3O3S2. The molecule has 0 spiro atoms. The monoisotopic (exact) mass is 469 g/mol. The summed E-state index contributed by atoms with van der Waals surface area (Å²) in [5.41, 5.74) is 2.33. The van der Waals surface area contributed by atoms with Gasteiger partial charge >= 0.3 is 0 Å². The third kappa shape index (κ3) is 4.18. The molecule has 1 N–H and O–H groups in total. The summed E-state index contributed by atoms with van der Waals surface area (Å²) in [5, 5.41) is 0.795. The number of nitrogens with one attached hydrogen (secondary N) is 1. The molecule has 0 radical (unpaired) electrons. The number of benzene rings is 1. The van der Waals surface area contributed by atoms with Crippen LogP contribution in [0.4, 0.5) is 0 Å². The summed E-state index contributed by atoms with van der Waals surface area (Å²) in [4.78, 5) is 37.4. The zero-order valence-corrected chi connectivity index (χ0v) is 19.8. The molecule has 2 aliphatic rings. The number of aryl methyl sites for hydroxylation is 2. The van der Waals surface area contributed by atoms with E-state index < -0.39 is 0 Å². The molecule has 5 rings (SSSR count). The fourth-order valence-corrected chi connectivity index (χ4v) is 6.92. The molecule has 1 aliphatic carbocycles. The number of hydrogen-bond donors (Lipinski definition) is 1. The molecule has 2 aromatic heterocycles. The summed E-state index contributed by atoms with van der Waals surface area (Å²) in [5.74, 6) is 3.04. The normalized spacial score (nSPS) is 17.8. The van der Waals surface area contributed by atoms with Gasteiger partial charge < -0.3 is 14.6 Å². The zero-order valence-electron chi connectivity index (χ0n) is 18.2. The second kappa shape index (κ2) is 9.27. The van der Waals surface area contributed by atoms with E-state index in [-0.39, 0.29) is 17.5 Å². The van der Waals surface area contributed by atoms with Crippen LogP contribution in [0.5, 0.6) is 5.75 Å². The van der Waals surface area contributed by atoms with Gasteiger partial charge in [-0.15, -0.1) is 11.3 Å². The van der Waals surface area contributed by atoms with Crippen molar-refractivity contribution in [3.63, 3.8) is 0 Å². The van der Waals surface area contributed by atoms with E-state index in [1.54, 1.807) is 30.2 Å². The lowest BCUT2D eigenvalue weighted by Crippen LogP contribution is -2.30. The van der Waals surface area contributed by atoms with Crippen molar-refractivity contribution in [1.82, 2.24) is 14.9 Å². The standard InChI is InChI=1S/C24H27N3O3S2/c1-30-16-6-2-5-15(13-16)18-8-4-11-27(18)21(28)10-12-31-14-20-25-23(29)22-17-7-3-9-19(17)32-24(22)26-20/h2,5-6,13,18H,3-4,7-12,14H2,1H3,(H,25,26,29). The van der Waals surface area contributed by atoms with E-state index >= 15 is 0 Å². The minimum absolute atomic E-state index is 0.0146. The van der Waals surface area contributed by atoms with Crippen LogP contribution in [-0.2, 0) is 23.4 Å². The highest BCUT2D eigenvalue weighted by atomic mass is 32.2. The van der Waals surface area contributed by atoms with Crippen molar-refractivity contribution < 1.29 is 9.53 Å². The predicted molar refractivity (Wildman–Crippen MR) is 130 cm³/mol. The molecule has 1 unspecified atom stereocenters. The van der Waals surface area contributed by atoms with Crippen molar-refractivity contribution in [3.8, 4) is 5.75 Å². The number of ether oxygens (including phenoxy) is 1. The number of H-pyrrole nitrogens is 1. The molecule has 3 heterocycles. The van der Waals surface area contributed by atoms with Gasteiger partial charge in [0.2, 0.25) is 5.91 Å². The van der Waals surface area contributed by atoms with Gasteiger partial charge in [0.05, 0.1) is 24.3 Å². The fourth-order valence-electron chi connectivity index (χ4n) is 4.85. The second-order valence-electron chi connectivity index (χ2n) is 8.37. The highest BCUT2D eigenvalue weighted by molar-refractivity contribution is 7.98. The van der Waals surface area contributed by atoms with Crippen LogP contribution < -0.4 is 10.3 Å². The smallest absolute Gasteiger partial charge is 0.259 e. The van der Waals surface area contributed by atoms with Gasteiger partial charge in [-0.1, -0.05) is 12.1 Å². The molecule has 1 fully saturated rings. The summed E-state index contributed by atoms with van der Waals surface area (Å²) >= 11 is 3.32. The lowest BCUT2D eigenvalue weighted by molar-refractivity contribution is -0.131. The van der Waals surface area contributed by atoms with Gasteiger partial charge in [-0.25, -0.2) is 4.98 Å². The minimum Gasteiger partial charge on any atom is -0.497 e. The van der Waals surface area contributed by atoms with Crippen LogP contribution in [0.15, 0.2) is 29.1 Å². The van der Waals surface area contributed by atoms with Crippen LogP contribution in [0, 0.1) is 0 Å². The fraction of sp³-hybridized carbons (Fsp3) is 0.458. The number of aromatic amines is 1. The highest BCUT2D eigenvalue weighted by Gasteiger charge is 2.29. The number of rotatable bonds is 7. The molecule has 1 aliphatic heterocycles. The maximum atomic E-state index is 12.9. The quantitative estimate of drug-likeness (QED) is 0.517. The second-order valence-corrected chi connectivity index (χ2v) is 10.6. The van der Waals surface area contributed by atoms with Crippen molar-refractivity contribution in [3.05, 3.63) is 56.4 Å². The van der Waals surface area contributed by atoms with Crippen molar-refractivity contribution in [2.45, 2.75) is 50.3 Å². The Morgan fingerprint density at radius 3 is 3.12 bits per heavy atom. The number of aromatic nitrogens is 2. The highest BCUT2D eigenvalue weighted by Crippen LogP contribution is 2.35. The maximum absolute atomic E-state index is 12.9. The van der Waals surface area contributed by atoms with E-state index in [1.807, 2.05) is 23.1 Å². The van der Waals surface area contributed by atoms with Gasteiger partial charge in [-0.2, -0.15) is 11.8 Å². The number of thiophene rings is 1. The molecule has 1 atom stereocenters. The van der Waals surface area contributed by atoms with Crippen molar-refractivity contribution in [1.29, 1.82) is 0 Å². The number of likely N-dealkylation sites (tertiary alicyclic amines) is 1. The third-order valence-corrected chi connectivity index (χ3v) is 8.53. The first kappa shape index (κ1) is 21.5. The molecule has 32 heavy (non-hydrogen) atoms. The summed E-state index contributed by atoms with van der Waals surface area (Å²) in [6.45, 7) is 0.806. The first-order chi connectivity index (χ1) is 15.6. The number of methoxy groups -OCH3 is 1. The van der Waals surface area contributed by atoms with Crippen LogP contribution in [0.25, 0.3) is 10.2 Å². The summed E-state index contributed by atoms with van der Waals surface area (Å²) < 4.78 is 5.35. The van der Waals surface area contributed by atoms with Crippen LogP contribution >= 0.6 is 23.1 Å². The predicted octanol–water partition coefficient (Wildman–Crippen LogP) is 4.47. The van der Waals surface area contributed by atoms with Crippen LogP contribution in [0.2, 0.25) is 0 Å². The van der Waals surface area contributed by atoms with Gasteiger partial charge in [-0.3, -0.25) is 9.59 Å². The zero-order chi connectivity index (χ0) is 22.1. The number of nitrogens with zero attached hydrogens (tertiary/aromatic N) is 2. The number of carbonyl (C=O) groups excluding carboxylic acids is 1. The largest absolute Gasteiger partial charge is 0.497 e. The summed E-state index contributed by atoms with van der Waals surface area (Å²) in [7, 11) is 1.67. The molecule has 6 nitrogen and oxygen atoms in total. The van der Waals surface area contributed by atoms with Gasteiger partial charge in [-0.05, 0) is 55.4 Å². The van der Waals surface area contributed by atoms with E-state index in [2.05, 4.69) is 11.1 Å². The maximum Gasteiger partial charge on any atom is 0.259 e. The number of carbonyl (C=O) groups is 1. The van der Waals surface area contributed by atoms with E-state index in [4.69, 9.17) is 9.72 Å². The topological polar surface area (TPSA) is 75.3 Å². The molecule has 1 amide bonds. The lowest BCUT2D eigenvalue weighted by Gasteiger charge is -2.25. The number of fused-ring (bicyclic) bond motifs is 3. The Hall–Kier alpha value is -2.32. The Labute approximate surface area is 195 Å². The molecule has 0 saturated carbocycles. The van der Waals surface area contributed by atoms with Crippen molar-refractivity contribution in [2.75, 3.05) is 19.4 Å². The summed E-state index contributed by atoms with van der Waals surface area (Å²) in [6, 6.07) is 8.15. The van der Waals surface area contributed by atoms with E-state index in [9.17, 15) is 9.59 Å². The third-order valence-electron chi connectivity index (χ3n) is 6.37. The van der Waals surface area contributed by atoms with Gasteiger partial charge in [0.25, 0.3) is 5.56 Å². The number of amides is 1. The number of hydrogen-bond acceptors (Lipinski definition) is 6. The van der Waals surface area contributed by atoms with E-state index in [1.165, 1.54) is 10.4 Å². The molecule has 168 valence electrons. The van der Waals surface area contributed by atoms with Gasteiger partial charge in [0.1, 0.15) is 16.4 Å². The molecule has 3 aromatic rings. The summed E-state index contributed by atoms with van der Waals surface area (Å²) in [6.07, 6.45) is 5.69. The number of thioether (sulfide) groups is 1. The average molecular weight is 470 g/mol. The molecule has 1 aromatic carbocycles. The Morgan fingerprint density at radius 2 is 2.25 bits per heavy atom. The SMILES string of the molecule is COc1cccc(C2CCCN2C(=O)CCSCc2nc3sc4c(c3c(=O)[nH]2)CCC4)c1.